The fraction of sp³-hybridized carbons (Fsp3) is 0.483. The second-order valence-electron chi connectivity index (χ2n) is 9.91. The van der Waals surface area contributed by atoms with Gasteiger partial charge in [-0.25, -0.2) is 9.97 Å². The maximum Gasteiger partial charge on any atom is 0.311 e. The number of amides is 2. The summed E-state index contributed by atoms with van der Waals surface area (Å²) < 4.78 is 11.7. The normalized spacial score (nSPS) is 14.8. The van der Waals surface area contributed by atoms with Crippen LogP contribution in [0, 0.1) is 0 Å². The molecule has 1 atom stereocenters. The molecule has 1 saturated heterocycles. The average molecular weight is 536 g/mol. The van der Waals surface area contributed by atoms with Crippen LogP contribution in [0.2, 0.25) is 0 Å². The number of fused-ring (bicyclic) bond motifs is 1. The molecule has 2 amide bonds. The number of nitrogens with zero attached hydrogens (tertiary/aromatic N) is 4. The Kier molecular flexibility index (Phi) is 9.64. The van der Waals surface area contributed by atoms with Crippen molar-refractivity contribution in [1.82, 2.24) is 25.1 Å². The Labute approximate surface area is 228 Å². The Hall–Kier alpha value is -3.79. The van der Waals surface area contributed by atoms with E-state index in [1.54, 1.807) is 18.2 Å². The highest BCUT2D eigenvalue weighted by Gasteiger charge is 2.29. The monoisotopic (exact) mass is 535 g/mol. The van der Waals surface area contributed by atoms with Crippen molar-refractivity contribution in [2.75, 3.05) is 40.3 Å². The minimum atomic E-state index is -0.671. The minimum absolute atomic E-state index is 0.243. The number of ketones is 1. The van der Waals surface area contributed by atoms with Crippen LogP contribution in [-0.4, -0.2) is 77.7 Å². The first-order valence-electron chi connectivity index (χ1n) is 13.6. The molecule has 0 spiro atoms. The van der Waals surface area contributed by atoms with Crippen molar-refractivity contribution in [3.63, 3.8) is 0 Å². The highest BCUT2D eigenvalue weighted by molar-refractivity contribution is 6.35. The molecule has 0 unspecified atom stereocenters. The molecule has 0 aliphatic carbocycles. The van der Waals surface area contributed by atoms with Crippen LogP contribution in [0.3, 0.4) is 0 Å². The van der Waals surface area contributed by atoms with E-state index >= 15 is 0 Å². The fourth-order valence-electron chi connectivity index (χ4n) is 4.66. The maximum absolute atomic E-state index is 13.0. The first-order valence-corrected chi connectivity index (χ1v) is 13.6. The summed E-state index contributed by atoms with van der Waals surface area (Å²) in [6.45, 7) is 4.34. The first-order chi connectivity index (χ1) is 18.9. The van der Waals surface area contributed by atoms with Crippen LogP contribution >= 0.6 is 0 Å². The Morgan fingerprint density at radius 3 is 2.62 bits per heavy atom. The summed E-state index contributed by atoms with van der Waals surface area (Å²) in [5.74, 6) is 0.197. The number of oxazole rings is 1. The van der Waals surface area contributed by atoms with E-state index in [9.17, 15) is 14.4 Å². The van der Waals surface area contributed by atoms with E-state index in [0.29, 0.717) is 55.4 Å². The van der Waals surface area contributed by atoms with Gasteiger partial charge in [0.05, 0.1) is 24.4 Å². The Morgan fingerprint density at radius 1 is 1.10 bits per heavy atom. The van der Waals surface area contributed by atoms with Gasteiger partial charge in [-0.15, -0.1) is 0 Å². The van der Waals surface area contributed by atoms with Crippen LogP contribution in [0.15, 0.2) is 40.9 Å². The van der Waals surface area contributed by atoms with Crippen molar-refractivity contribution in [2.45, 2.75) is 51.5 Å². The van der Waals surface area contributed by atoms with Gasteiger partial charge in [-0.3, -0.25) is 14.4 Å². The number of pyridine rings is 1. The highest BCUT2D eigenvalue weighted by Crippen LogP contribution is 2.33. The van der Waals surface area contributed by atoms with Gasteiger partial charge >= 0.3 is 11.8 Å². The maximum atomic E-state index is 13.0. The third-order valence-electron chi connectivity index (χ3n) is 7.10. The minimum Gasteiger partial charge on any atom is -0.480 e. The van der Waals surface area contributed by atoms with E-state index in [-0.39, 0.29) is 5.78 Å². The molecule has 1 aromatic carbocycles. The number of aromatic nitrogens is 2. The third kappa shape index (κ3) is 7.20. The number of hydrogen-bond acceptors (Lipinski definition) is 8. The molecule has 4 rings (SSSR count). The molecule has 3 heterocycles. The lowest BCUT2D eigenvalue weighted by Crippen LogP contribution is -2.52. The molecule has 1 aliphatic heterocycles. The molecule has 0 radical (unpaired) electrons. The number of nitrogens with one attached hydrogen (secondary N) is 1. The van der Waals surface area contributed by atoms with Crippen molar-refractivity contribution < 1.29 is 23.5 Å². The van der Waals surface area contributed by atoms with Crippen molar-refractivity contribution in [1.29, 1.82) is 0 Å². The molecule has 39 heavy (non-hydrogen) atoms. The van der Waals surface area contributed by atoms with E-state index < -0.39 is 17.9 Å². The van der Waals surface area contributed by atoms with Gasteiger partial charge in [0, 0.05) is 44.4 Å². The lowest BCUT2D eigenvalue weighted by molar-refractivity contribution is -0.147. The number of carbonyl (C=O) groups is 3. The largest absolute Gasteiger partial charge is 0.480 e. The molecule has 0 saturated carbocycles. The lowest BCUT2D eigenvalue weighted by atomic mass is 10.0. The molecular weight excluding hydrogens is 498 g/mol. The number of piperazine rings is 1. The van der Waals surface area contributed by atoms with Gasteiger partial charge < -0.3 is 24.3 Å². The zero-order valence-electron chi connectivity index (χ0n) is 22.9. The molecule has 10 heteroatoms. The molecule has 2 aromatic heterocycles. The molecular formula is C29H37N5O5. The smallest absolute Gasteiger partial charge is 0.311 e. The van der Waals surface area contributed by atoms with Crippen LogP contribution in [0.25, 0.3) is 22.2 Å². The van der Waals surface area contributed by atoms with Crippen molar-refractivity contribution in [2.24, 2.45) is 0 Å². The number of methoxy groups -OCH3 is 1. The predicted molar refractivity (Wildman–Crippen MR) is 147 cm³/mol. The summed E-state index contributed by atoms with van der Waals surface area (Å²) in [5, 5.41) is 3.79. The summed E-state index contributed by atoms with van der Waals surface area (Å²) in [7, 11) is 3.54. The van der Waals surface area contributed by atoms with E-state index in [1.165, 1.54) is 0 Å². The zero-order chi connectivity index (χ0) is 27.8. The SMILES string of the molecule is CCC(=O)CCCCC[C@H](NC(=O)C(=O)N1CCN(C)CC1)c1ncc(-c2cc3ccccc3nc2OC)o1. The van der Waals surface area contributed by atoms with Crippen LogP contribution in [0.4, 0.5) is 0 Å². The van der Waals surface area contributed by atoms with Crippen molar-refractivity contribution in [3.8, 4) is 17.2 Å². The van der Waals surface area contributed by atoms with Crippen LogP contribution in [0.1, 0.15) is 57.4 Å². The van der Waals surface area contributed by atoms with Gasteiger partial charge in [0.15, 0.2) is 5.76 Å². The number of rotatable bonds is 11. The van der Waals surface area contributed by atoms with Crippen LogP contribution in [-0.2, 0) is 14.4 Å². The second-order valence-corrected chi connectivity index (χ2v) is 9.91. The molecule has 0 bridgehead atoms. The fourth-order valence-corrected chi connectivity index (χ4v) is 4.66. The lowest BCUT2D eigenvalue weighted by Gasteiger charge is -2.32. The number of Topliss-reactive ketones (excluding diaryl/α,β-unsaturated/α-hetero) is 1. The van der Waals surface area contributed by atoms with Crippen molar-refractivity contribution in [3.05, 3.63) is 42.4 Å². The zero-order valence-corrected chi connectivity index (χ0v) is 22.9. The quantitative estimate of drug-likeness (QED) is 0.291. The van der Waals surface area contributed by atoms with Gasteiger partial charge in [0.2, 0.25) is 11.8 Å². The van der Waals surface area contributed by atoms with Gasteiger partial charge in [-0.1, -0.05) is 38.0 Å². The summed E-state index contributed by atoms with van der Waals surface area (Å²) in [6, 6.07) is 9.05. The molecule has 1 aliphatic rings. The summed E-state index contributed by atoms with van der Waals surface area (Å²) in [6.07, 6.45) is 5.54. The number of likely N-dealkylation sites (N-methyl/N-ethyl adjacent to an activating group) is 1. The van der Waals surface area contributed by atoms with Crippen molar-refractivity contribution >= 4 is 28.5 Å². The molecule has 3 aromatic rings. The van der Waals surface area contributed by atoms with Gasteiger partial charge in [-0.05, 0) is 32.0 Å². The first kappa shape index (κ1) is 28.2. The summed E-state index contributed by atoms with van der Waals surface area (Å²) in [4.78, 5) is 50.3. The van der Waals surface area contributed by atoms with Gasteiger partial charge in [0.25, 0.3) is 0 Å². The topological polar surface area (TPSA) is 118 Å². The summed E-state index contributed by atoms with van der Waals surface area (Å²) in [5.41, 5.74) is 1.44. The van der Waals surface area contributed by atoms with E-state index in [4.69, 9.17) is 9.15 Å². The molecule has 208 valence electrons. The Balaban J connectivity index is 1.52. The standard InChI is InChI=1S/C29H37N5O5/c1-4-21(35)11-6-5-7-13-24(31-26(36)29(37)34-16-14-33(2)15-17-34)28-30-19-25(39-28)22-18-20-10-8-9-12-23(20)32-27(22)38-3/h8-10,12,18-19,24H,4-7,11,13-17H2,1-3H3,(H,31,36)/t24-/m0/s1. The van der Waals surface area contributed by atoms with Gasteiger partial charge in [0.1, 0.15) is 11.8 Å². The molecule has 1 fully saturated rings. The Bertz CT molecular complexity index is 1300. The van der Waals surface area contributed by atoms with E-state index in [0.717, 1.165) is 43.3 Å². The number of hydrogen-bond donors (Lipinski definition) is 1. The number of unbranched alkanes of at least 4 members (excludes halogenated alkanes) is 2. The number of ether oxygens (including phenoxy) is 1. The Morgan fingerprint density at radius 2 is 1.87 bits per heavy atom. The van der Waals surface area contributed by atoms with Crippen LogP contribution in [0.5, 0.6) is 5.88 Å². The number of benzene rings is 1. The molecule has 10 nitrogen and oxygen atoms in total. The molecule has 1 N–H and O–H groups in total. The van der Waals surface area contributed by atoms with E-state index in [1.807, 2.05) is 44.3 Å². The second kappa shape index (κ2) is 13.3. The average Bonchev–Trinajstić information content (AvgIpc) is 3.45. The third-order valence-corrected chi connectivity index (χ3v) is 7.10. The number of para-hydroxylation sites is 1. The van der Waals surface area contributed by atoms with Crippen LogP contribution < -0.4 is 10.1 Å². The van der Waals surface area contributed by atoms with Gasteiger partial charge in [-0.2, -0.15) is 0 Å². The van der Waals surface area contributed by atoms with E-state index in [2.05, 4.69) is 20.2 Å². The summed E-state index contributed by atoms with van der Waals surface area (Å²) >= 11 is 0. The predicted octanol–water partition coefficient (Wildman–Crippen LogP) is 3.76. The number of carbonyl (C=O) groups excluding carboxylic acids is 3. The highest BCUT2D eigenvalue weighted by atomic mass is 16.5.